The smallest absolute Gasteiger partial charge is 0.255 e. The van der Waals surface area contributed by atoms with Gasteiger partial charge in [-0.1, -0.05) is 23.7 Å². The number of fused-ring (bicyclic) bond motifs is 1. The third-order valence-corrected chi connectivity index (χ3v) is 4.90. The number of methoxy groups -OCH3 is 1. The van der Waals surface area contributed by atoms with Gasteiger partial charge in [0.2, 0.25) is 0 Å². The molecule has 0 spiro atoms. The third-order valence-electron chi connectivity index (χ3n) is 4.58. The van der Waals surface area contributed by atoms with E-state index in [0.29, 0.717) is 6.42 Å². The Morgan fingerprint density at radius 3 is 2.92 bits per heavy atom. The molecule has 4 nitrogen and oxygen atoms in total. The minimum atomic E-state index is -1.20. The van der Waals surface area contributed by atoms with E-state index in [1.165, 1.54) is 18.2 Å². The van der Waals surface area contributed by atoms with E-state index in [-0.39, 0.29) is 17.1 Å². The summed E-state index contributed by atoms with van der Waals surface area (Å²) in [4.78, 5) is 12.3. The lowest BCUT2D eigenvalue weighted by molar-refractivity contribution is 0.0188. The number of ether oxygens (including phenoxy) is 1. The van der Waals surface area contributed by atoms with Crippen molar-refractivity contribution in [3.8, 4) is 5.75 Å². The first-order chi connectivity index (χ1) is 11.9. The average Bonchev–Trinajstić information content (AvgIpc) is 2.60. The fraction of sp³-hybridized carbons (Fsp3) is 0.316. The lowest BCUT2D eigenvalue weighted by Gasteiger charge is -2.35. The summed E-state index contributed by atoms with van der Waals surface area (Å²) in [5.74, 6) is -0.604. The predicted octanol–water partition coefficient (Wildman–Crippen LogP) is 3.44. The zero-order valence-corrected chi connectivity index (χ0v) is 14.6. The Morgan fingerprint density at radius 1 is 1.40 bits per heavy atom. The molecule has 0 bridgehead atoms. The molecule has 0 unspecified atom stereocenters. The van der Waals surface area contributed by atoms with Crippen LogP contribution in [0.15, 0.2) is 36.4 Å². The van der Waals surface area contributed by atoms with Crippen molar-refractivity contribution in [2.75, 3.05) is 13.7 Å². The number of halogens is 2. The van der Waals surface area contributed by atoms with Gasteiger partial charge < -0.3 is 15.2 Å². The van der Waals surface area contributed by atoms with Crippen LogP contribution in [0.4, 0.5) is 4.39 Å². The zero-order chi connectivity index (χ0) is 18.0. The van der Waals surface area contributed by atoms with Gasteiger partial charge >= 0.3 is 0 Å². The number of rotatable bonds is 4. The molecule has 2 aromatic carbocycles. The van der Waals surface area contributed by atoms with Crippen LogP contribution in [-0.4, -0.2) is 24.7 Å². The van der Waals surface area contributed by atoms with Gasteiger partial charge in [-0.25, -0.2) is 4.39 Å². The Bertz CT molecular complexity index is 791. The topological polar surface area (TPSA) is 58.6 Å². The quantitative estimate of drug-likeness (QED) is 0.874. The fourth-order valence-electron chi connectivity index (χ4n) is 3.28. The van der Waals surface area contributed by atoms with Crippen LogP contribution in [0.5, 0.6) is 5.75 Å². The minimum Gasteiger partial charge on any atom is -0.497 e. The van der Waals surface area contributed by atoms with Gasteiger partial charge in [-0.05, 0) is 54.7 Å². The van der Waals surface area contributed by atoms with E-state index in [0.717, 1.165) is 29.7 Å². The normalized spacial score (nSPS) is 19.2. The summed E-state index contributed by atoms with van der Waals surface area (Å²) >= 11 is 5.92. The molecule has 2 N–H and O–H groups in total. The highest BCUT2D eigenvalue weighted by Gasteiger charge is 2.35. The molecule has 0 saturated heterocycles. The zero-order valence-electron chi connectivity index (χ0n) is 13.8. The van der Waals surface area contributed by atoms with Crippen molar-refractivity contribution in [1.29, 1.82) is 0 Å². The SMILES string of the molecule is COc1ccc2c(c1)CCC[C@@]2(O)CNC(=O)c1c(F)cccc1Cl. The van der Waals surface area contributed by atoms with E-state index in [4.69, 9.17) is 16.3 Å². The lowest BCUT2D eigenvalue weighted by atomic mass is 9.79. The molecule has 3 rings (SSSR count). The number of hydrogen-bond donors (Lipinski definition) is 2. The van der Waals surface area contributed by atoms with E-state index in [9.17, 15) is 14.3 Å². The van der Waals surface area contributed by atoms with Gasteiger partial charge in [0.25, 0.3) is 5.91 Å². The summed E-state index contributed by atoms with van der Waals surface area (Å²) in [7, 11) is 1.59. The van der Waals surface area contributed by atoms with Crippen molar-refractivity contribution in [1.82, 2.24) is 5.32 Å². The number of carbonyl (C=O) groups is 1. The highest BCUT2D eigenvalue weighted by Crippen LogP contribution is 2.36. The second kappa shape index (κ2) is 7.02. The Kier molecular flexibility index (Phi) is 4.97. The van der Waals surface area contributed by atoms with Crippen LogP contribution in [0.2, 0.25) is 5.02 Å². The number of hydrogen-bond acceptors (Lipinski definition) is 3. The van der Waals surface area contributed by atoms with Gasteiger partial charge in [-0.15, -0.1) is 0 Å². The largest absolute Gasteiger partial charge is 0.497 e. The maximum atomic E-state index is 13.9. The molecule has 0 saturated carbocycles. The first-order valence-corrected chi connectivity index (χ1v) is 8.44. The van der Waals surface area contributed by atoms with Gasteiger partial charge in [0.15, 0.2) is 0 Å². The molecule has 0 aliphatic heterocycles. The number of aliphatic hydroxyl groups is 1. The molecule has 132 valence electrons. The molecule has 1 aliphatic rings. The summed E-state index contributed by atoms with van der Waals surface area (Å²) in [5, 5.41) is 13.7. The Morgan fingerprint density at radius 2 is 2.20 bits per heavy atom. The van der Waals surface area contributed by atoms with Crippen molar-refractivity contribution in [3.05, 3.63) is 63.9 Å². The van der Waals surface area contributed by atoms with Crippen molar-refractivity contribution >= 4 is 17.5 Å². The molecule has 0 fully saturated rings. The molecule has 0 aromatic heterocycles. The second-order valence-corrected chi connectivity index (χ2v) is 6.59. The Hall–Kier alpha value is -2.11. The summed E-state index contributed by atoms with van der Waals surface area (Å²) in [6.07, 6.45) is 2.13. The van der Waals surface area contributed by atoms with Crippen molar-refractivity contribution in [2.24, 2.45) is 0 Å². The van der Waals surface area contributed by atoms with E-state index in [1.807, 2.05) is 12.1 Å². The molecule has 0 radical (unpaired) electrons. The van der Waals surface area contributed by atoms with Gasteiger partial charge in [0.05, 0.1) is 24.2 Å². The maximum absolute atomic E-state index is 13.9. The predicted molar refractivity (Wildman–Crippen MR) is 93.6 cm³/mol. The lowest BCUT2D eigenvalue weighted by Crippen LogP contribution is -2.43. The third kappa shape index (κ3) is 3.48. The number of aryl methyl sites for hydroxylation is 1. The molecule has 1 amide bonds. The molecular weight excluding hydrogens is 345 g/mol. The second-order valence-electron chi connectivity index (χ2n) is 6.19. The van der Waals surface area contributed by atoms with E-state index < -0.39 is 17.3 Å². The highest BCUT2D eigenvalue weighted by atomic mass is 35.5. The van der Waals surface area contributed by atoms with Gasteiger partial charge in [0, 0.05) is 0 Å². The number of benzene rings is 2. The van der Waals surface area contributed by atoms with Crippen molar-refractivity contribution in [3.63, 3.8) is 0 Å². The Labute approximate surface area is 150 Å². The highest BCUT2D eigenvalue weighted by molar-refractivity contribution is 6.33. The van der Waals surface area contributed by atoms with Crippen LogP contribution < -0.4 is 10.1 Å². The molecule has 2 aromatic rings. The van der Waals surface area contributed by atoms with Gasteiger partial charge in [-0.2, -0.15) is 0 Å². The van der Waals surface area contributed by atoms with E-state index in [2.05, 4.69) is 5.32 Å². The van der Waals surface area contributed by atoms with Crippen LogP contribution in [0.25, 0.3) is 0 Å². The average molecular weight is 364 g/mol. The van der Waals surface area contributed by atoms with E-state index >= 15 is 0 Å². The molecule has 1 aliphatic carbocycles. The molecule has 6 heteroatoms. The molecule has 25 heavy (non-hydrogen) atoms. The van der Waals surface area contributed by atoms with Crippen LogP contribution in [0.1, 0.15) is 34.3 Å². The summed E-state index contributed by atoms with van der Waals surface area (Å²) in [6, 6.07) is 9.57. The Balaban J connectivity index is 1.81. The van der Waals surface area contributed by atoms with E-state index in [1.54, 1.807) is 13.2 Å². The number of amides is 1. The monoisotopic (exact) mass is 363 g/mol. The number of nitrogens with one attached hydrogen (secondary N) is 1. The van der Waals surface area contributed by atoms with Crippen LogP contribution >= 0.6 is 11.6 Å². The van der Waals surface area contributed by atoms with Gasteiger partial charge in [0.1, 0.15) is 17.2 Å². The maximum Gasteiger partial charge on any atom is 0.255 e. The van der Waals surface area contributed by atoms with Crippen LogP contribution in [0.3, 0.4) is 0 Å². The van der Waals surface area contributed by atoms with Gasteiger partial charge in [-0.3, -0.25) is 4.79 Å². The fourth-order valence-corrected chi connectivity index (χ4v) is 3.53. The molecule has 0 heterocycles. The minimum absolute atomic E-state index is 0.0180. The van der Waals surface area contributed by atoms with Crippen LogP contribution in [-0.2, 0) is 12.0 Å². The van der Waals surface area contributed by atoms with Crippen LogP contribution in [0, 0.1) is 5.82 Å². The first kappa shape index (κ1) is 17.7. The number of carbonyl (C=O) groups excluding carboxylic acids is 1. The molecule has 1 atom stereocenters. The summed E-state index contributed by atoms with van der Waals surface area (Å²) in [5.41, 5.74) is 0.344. The van der Waals surface area contributed by atoms with Crippen molar-refractivity contribution < 1.29 is 19.0 Å². The summed E-state index contributed by atoms with van der Waals surface area (Å²) < 4.78 is 19.1. The first-order valence-electron chi connectivity index (χ1n) is 8.06. The summed E-state index contributed by atoms with van der Waals surface area (Å²) in [6.45, 7) is -0.0180. The van der Waals surface area contributed by atoms with Crippen molar-refractivity contribution in [2.45, 2.75) is 24.9 Å². The standard InChI is InChI=1S/C19H19ClFNO3/c1-25-13-7-8-14-12(10-13)4-3-9-19(14,24)11-22-18(23)17-15(20)5-2-6-16(17)21/h2,5-8,10,24H,3-4,9,11H2,1H3,(H,22,23)/t19-/m1/s1. The molecular formula is C19H19ClFNO3.